The van der Waals surface area contributed by atoms with Crippen LogP contribution in [0.3, 0.4) is 0 Å². The molecule has 0 aliphatic heterocycles. The number of carbonyl (C=O) groups is 1. The minimum atomic E-state index is -0.296. The van der Waals surface area contributed by atoms with Crippen LogP contribution in [0.5, 0.6) is 0 Å². The second-order valence-corrected chi connectivity index (χ2v) is 4.16. The maximum Gasteiger partial charge on any atom is 0.231 e. The molecule has 3 heteroatoms. The van der Waals surface area contributed by atoms with Crippen LogP contribution in [0.1, 0.15) is 19.3 Å². The highest BCUT2D eigenvalue weighted by Gasteiger charge is 2.42. The van der Waals surface area contributed by atoms with E-state index >= 15 is 0 Å². The lowest BCUT2D eigenvalue weighted by molar-refractivity contribution is -0.129. The molecule has 1 aromatic carbocycles. The van der Waals surface area contributed by atoms with E-state index in [1.54, 1.807) is 0 Å². The van der Waals surface area contributed by atoms with Gasteiger partial charge in [-0.3, -0.25) is 4.79 Å². The van der Waals surface area contributed by atoms with Crippen molar-refractivity contribution in [2.75, 3.05) is 11.9 Å². The molecule has 0 radical (unpaired) electrons. The average molecular weight is 204 g/mol. The Morgan fingerprint density at radius 3 is 2.47 bits per heavy atom. The quantitative estimate of drug-likeness (QED) is 0.788. The van der Waals surface area contributed by atoms with E-state index in [1.165, 1.54) is 0 Å². The average Bonchev–Trinajstić information content (AvgIpc) is 2.18. The van der Waals surface area contributed by atoms with Crippen LogP contribution in [0.4, 0.5) is 5.69 Å². The molecule has 0 atom stereocenters. The van der Waals surface area contributed by atoms with E-state index in [1.807, 2.05) is 30.3 Å². The van der Waals surface area contributed by atoms with Crippen molar-refractivity contribution >= 4 is 11.6 Å². The van der Waals surface area contributed by atoms with E-state index in [0.29, 0.717) is 6.54 Å². The molecule has 15 heavy (non-hydrogen) atoms. The standard InChI is InChI=1S/C12H16N2O/c13-9-12(7-4-8-12)11(15)14-10-5-2-1-3-6-10/h1-3,5-6H,4,7-9,13H2,(H,14,15). The number of rotatable bonds is 3. The molecule has 0 spiro atoms. The summed E-state index contributed by atoms with van der Waals surface area (Å²) in [6, 6.07) is 9.52. The minimum absolute atomic E-state index is 0.0717. The van der Waals surface area contributed by atoms with E-state index in [9.17, 15) is 4.79 Å². The van der Waals surface area contributed by atoms with Crippen LogP contribution >= 0.6 is 0 Å². The van der Waals surface area contributed by atoms with Crippen LogP contribution in [-0.4, -0.2) is 12.5 Å². The summed E-state index contributed by atoms with van der Waals surface area (Å²) in [5, 5.41) is 2.92. The molecular weight excluding hydrogens is 188 g/mol. The fourth-order valence-electron chi connectivity index (χ4n) is 1.91. The van der Waals surface area contributed by atoms with Crippen molar-refractivity contribution in [3.8, 4) is 0 Å². The van der Waals surface area contributed by atoms with Gasteiger partial charge in [0.05, 0.1) is 5.41 Å². The Balaban J connectivity index is 2.04. The van der Waals surface area contributed by atoms with Gasteiger partial charge in [-0.05, 0) is 25.0 Å². The topological polar surface area (TPSA) is 55.1 Å². The zero-order chi connectivity index (χ0) is 10.7. The highest BCUT2D eigenvalue weighted by atomic mass is 16.2. The lowest BCUT2D eigenvalue weighted by Gasteiger charge is -2.39. The van der Waals surface area contributed by atoms with Crippen molar-refractivity contribution in [1.82, 2.24) is 0 Å². The molecule has 0 unspecified atom stereocenters. The molecule has 3 nitrogen and oxygen atoms in total. The van der Waals surface area contributed by atoms with Gasteiger partial charge < -0.3 is 11.1 Å². The second kappa shape index (κ2) is 4.03. The zero-order valence-corrected chi connectivity index (χ0v) is 8.70. The van der Waals surface area contributed by atoms with Gasteiger partial charge in [-0.25, -0.2) is 0 Å². The third kappa shape index (κ3) is 1.88. The van der Waals surface area contributed by atoms with Crippen LogP contribution in [0.25, 0.3) is 0 Å². The summed E-state index contributed by atoms with van der Waals surface area (Å²) in [4.78, 5) is 12.0. The Kier molecular flexibility index (Phi) is 2.73. The summed E-state index contributed by atoms with van der Waals surface area (Å²) in [5.74, 6) is 0.0717. The summed E-state index contributed by atoms with van der Waals surface area (Å²) < 4.78 is 0. The lowest BCUT2D eigenvalue weighted by Crippen LogP contribution is -2.47. The van der Waals surface area contributed by atoms with Gasteiger partial charge in [0.15, 0.2) is 0 Å². The number of amides is 1. The van der Waals surface area contributed by atoms with Crippen molar-refractivity contribution in [3.05, 3.63) is 30.3 Å². The van der Waals surface area contributed by atoms with Crippen LogP contribution in [0, 0.1) is 5.41 Å². The number of anilines is 1. The highest BCUT2D eigenvalue weighted by molar-refractivity contribution is 5.96. The number of nitrogens with one attached hydrogen (secondary N) is 1. The molecule has 3 N–H and O–H groups in total. The predicted octanol–water partition coefficient (Wildman–Crippen LogP) is 1.75. The van der Waals surface area contributed by atoms with Gasteiger partial charge in [-0.2, -0.15) is 0 Å². The molecule has 0 heterocycles. The van der Waals surface area contributed by atoms with Crippen LogP contribution in [0.2, 0.25) is 0 Å². The summed E-state index contributed by atoms with van der Waals surface area (Å²) in [5.41, 5.74) is 6.22. The maximum atomic E-state index is 12.0. The molecule has 1 saturated carbocycles. The first-order valence-corrected chi connectivity index (χ1v) is 5.33. The monoisotopic (exact) mass is 204 g/mol. The number of benzene rings is 1. The van der Waals surface area contributed by atoms with Crippen molar-refractivity contribution in [2.45, 2.75) is 19.3 Å². The first-order chi connectivity index (χ1) is 7.27. The molecule has 1 aliphatic carbocycles. The summed E-state index contributed by atoms with van der Waals surface area (Å²) in [7, 11) is 0. The molecule has 0 aromatic heterocycles. The molecule has 1 amide bonds. The number of nitrogens with two attached hydrogens (primary N) is 1. The lowest BCUT2D eigenvalue weighted by atomic mass is 9.68. The molecule has 0 saturated heterocycles. The number of para-hydroxylation sites is 1. The molecule has 1 aromatic rings. The third-order valence-corrected chi connectivity index (χ3v) is 3.21. The Bertz CT molecular complexity index is 338. The van der Waals surface area contributed by atoms with Gasteiger partial charge in [-0.1, -0.05) is 24.6 Å². The maximum absolute atomic E-state index is 12.0. The van der Waals surface area contributed by atoms with Crippen molar-refractivity contribution in [1.29, 1.82) is 0 Å². The molecule has 1 fully saturated rings. The van der Waals surface area contributed by atoms with Crippen LogP contribution < -0.4 is 11.1 Å². The summed E-state index contributed by atoms with van der Waals surface area (Å²) in [6.07, 6.45) is 2.95. The molecule has 1 aliphatic rings. The highest BCUT2D eigenvalue weighted by Crippen LogP contribution is 2.40. The molecule has 0 bridgehead atoms. The van der Waals surface area contributed by atoms with E-state index in [0.717, 1.165) is 24.9 Å². The van der Waals surface area contributed by atoms with Crippen molar-refractivity contribution in [3.63, 3.8) is 0 Å². The first kappa shape index (κ1) is 10.2. The van der Waals surface area contributed by atoms with Crippen LogP contribution in [0.15, 0.2) is 30.3 Å². The van der Waals surface area contributed by atoms with Gasteiger partial charge in [0.25, 0.3) is 0 Å². The summed E-state index contributed by atoms with van der Waals surface area (Å²) in [6.45, 7) is 0.450. The summed E-state index contributed by atoms with van der Waals surface area (Å²) >= 11 is 0. The normalized spacial score (nSPS) is 17.9. The number of carbonyl (C=O) groups excluding carboxylic acids is 1. The van der Waals surface area contributed by atoms with Gasteiger partial charge in [0, 0.05) is 12.2 Å². The van der Waals surface area contributed by atoms with Gasteiger partial charge in [0.2, 0.25) is 5.91 Å². The van der Waals surface area contributed by atoms with Crippen molar-refractivity contribution in [2.24, 2.45) is 11.1 Å². The smallest absolute Gasteiger partial charge is 0.231 e. The Hall–Kier alpha value is -1.35. The fourth-order valence-corrected chi connectivity index (χ4v) is 1.91. The SMILES string of the molecule is NCC1(C(=O)Nc2ccccc2)CCC1. The second-order valence-electron chi connectivity index (χ2n) is 4.16. The minimum Gasteiger partial charge on any atom is -0.329 e. The van der Waals surface area contributed by atoms with E-state index in [-0.39, 0.29) is 11.3 Å². The Morgan fingerprint density at radius 1 is 1.33 bits per heavy atom. The zero-order valence-electron chi connectivity index (χ0n) is 8.70. The van der Waals surface area contributed by atoms with Gasteiger partial charge in [0.1, 0.15) is 0 Å². The van der Waals surface area contributed by atoms with E-state index in [2.05, 4.69) is 5.32 Å². The molecular formula is C12H16N2O. The Labute approximate surface area is 89.7 Å². The van der Waals surface area contributed by atoms with Crippen LogP contribution in [-0.2, 0) is 4.79 Å². The third-order valence-electron chi connectivity index (χ3n) is 3.21. The van der Waals surface area contributed by atoms with Crippen molar-refractivity contribution < 1.29 is 4.79 Å². The largest absolute Gasteiger partial charge is 0.329 e. The number of hydrogen-bond donors (Lipinski definition) is 2. The van der Waals surface area contributed by atoms with E-state index < -0.39 is 0 Å². The number of hydrogen-bond acceptors (Lipinski definition) is 2. The predicted molar refractivity (Wildman–Crippen MR) is 60.4 cm³/mol. The van der Waals surface area contributed by atoms with E-state index in [4.69, 9.17) is 5.73 Å². The molecule has 80 valence electrons. The Morgan fingerprint density at radius 2 is 2.00 bits per heavy atom. The van der Waals surface area contributed by atoms with Gasteiger partial charge >= 0.3 is 0 Å². The molecule has 2 rings (SSSR count). The van der Waals surface area contributed by atoms with Gasteiger partial charge in [-0.15, -0.1) is 0 Å². The first-order valence-electron chi connectivity index (χ1n) is 5.33. The fraction of sp³-hybridized carbons (Fsp3) is 0.417.